The van der Waals surface area contributed by atoms with Gasteiger partial charge in [0, 0.05) is 0 Å². The molecule has 0 spiro atoms. The maximum atomic E-state index is 13.3. The van der Waals surface area contributed by atoms with Gasteiger partial charge in [-0.25, -0.2) is 4.99 Å². The molecule has 4 nitrogen and oxygen atoms in total. The summed E-state index contributed by atoms with van der Waals surface area (Å²) in [4.78, 5) is 32.8. The standard InChI is InChI=1S/C24H28N2O2/c1-13-9-15(3)19(16(4)10-13)25-22-21(27)24(7,8)23(28)26(22)20-17(5)11-14(2)12-18(20)6/h9-12H,1-8H3. The molecule has 0 aliphatic carbocycles. The molecule has 0 N–H and O–H groups in total. The van der Waals surface area contributed by atoms with Gasteiger partial charge in [-0.3, -0.25) is 14.5 Å². The van der Waals surface area contributed by atoms with Crippen LogP contribution in [-0.2, 0) is 9.59 Å². The summed E-state index contributed by atoms with van der Waals surface area (Å²) in [5.74, 6) is -0.259. The number of rotatable bonds is 2. The van der Waals surface area contributed by atoms with E-state index in [2.05, 4.69) is 0 Å². The van der Waals surface area contributed by atoms with Crippen molar-refractivity contribution in [3.63, 3.8) is 0 Å². The second-order valence-corrected chi connectivity index (χ2v) is 8.52. The summed E-state index contributed by atoms with van der Waals surface area (Å²) in [6.45, 7) is 15.3. The third-order valence-corrected chi connectivity index (χ3v) is 5.43. The van der Waals surface area contributed by atoms with Gasteiger partial charge in [-0.15, -0.1) is 0 Å². The van der Waals surface area contributed by atoms with Gasteiger partial charge in [0.1, 0.15) is 5.41 Å². The molecule has 146 valence electrons. The number of aryl methyl sites for hydroxylation is 6. The number of amides is 1. The maximum Gasteiger partial charge on any atom is 0.246 e. The summed E-state index contributed by atoms with van der Waals surface area (Å²) >= 11 is 0. The Morgan fingerprint density at radius 2 is 1.18 bits per heavy atom. The van der Waals surface area contributed by atoms with E-state index in [1.165, 1.54) is 4.90 Å². The lowest BCUT2D eigenvalue weighted by molar-refractivity contribution is -0.131. The average molecular weight is 377 g/mol. The minimum atomic E-state index is -1.13. The number of amidine groups is 1. The summed E-state index contributed by atoms with van der Waals surface area (Å²) in [7, 11) is 0. The predicted molar refractivity (Wildman–Crippen MR) is 115 cm³/mol. The van der Waals surface area contributed by atoms with E-state index in [9.17, 15) is 9.59 Å². The monoisotopic (exact) mass is 376 g/mol. The summed E-state index contributed by atoms with van der Waals surface area (Å²) < 4.78 is 0. The zero-order valence-corrected chi connectivity index (χ0v) is 18.0. The van der Waals surface area contributed by atoms with Gasteiger partial charge in [0.05, 0.1) is 11.4 Å². The van der Waals surface area contributed by atoms with E-state index < -0.39 is 5.41 Å². The molecular formula is C24H28N2O2. The Morgan fingerprint density at radius 1 is 0.750 bits per heavy atom. The lowest BCUT2D eigenvalue weighted by Crippen LogP contribution is -2.34. The fourth-order valence-electron chi connectivity index (χ4n) is 4.14. The van der Waals surface area contributed by atoms with E-state index in [1.807, 2.05) is 65.8 Å². The highest BCUT2D eigenvalue weighted by Gasteiger charge is 2.52. The summed E-state index contributed by atoms with van der Waals surface area (Å²) in [5, 5.41) is 0. The fourth-order valence-corrected chi connectivity index (χ4v) is 4.14. The van der Waals surface area contributed by atoms with Crippen LogP contribution >= 0.6 is 0 Å². The van der Waals surface area contributed by atoms with Gasteiger partial charge in [-0.05, 0) is 77.6 Å². The lowest BCUT2D eigenvalue weighted by atomic mass is 9.90. The van der Waals surface area contributed by atoms with Gasteiger partial charge in [-0.1, -0.05) is 35.4 Å². The van der Waals surface area contributed by atoms with Crippen LogP contribution in [0.3, 0.4) is 0 Å². The van der Waals surface area contributed by atoms with Gasteiger partial charge >= 0.3 is 0 Å². The third kappa shape index (κ3) is 3.07. The topological polar surface area (TPSA) is 49.7 Å². The third-order valence-electron chi connectivity index (χ3n) is 5.43. The Hall–Kier alpha value is -2.75. The first-order valence-corrected chi connectivity index (χ1v) is 9.59. The van der Waals surface area contributed by atoms with Crippen LogP contribution in [0.5, 0.6) is 0 Å². The normalized spacial score (nSPS) is 17.7. The summed E-state index contributed by atoms with van der Waals surface area (Å²) in [5.41, 5.74) is 6.56. The van der Waals surface area contributed by atoms with Crippen molar-refractivity contribution < 1.29 is 9.59 Å². The Kier molecular flexibility index (Phi) is 4.78. The number of hydrogen-bond donors (Lipinski definition) is 0. The highest BCUT2D eigenvalue weighted by molar-refractivity contribution is 6.59. The molecule has 1 aliphatic rings. The number of aliphatic imine (C=N–C) groups is 1. The molecule has 2 aromatic carbocycles. The van der Waals surface area contributed by atoms with Crippen LogP contribution in [0, 0.1) is 47.0 Å². The summed E-state index contributed by atoms with van der Waals surface area (Å²) in [6.07, 6.45) is 0. The van der Waals surface area contributed by atoms with Crippen molar-refractivity contribution in [2.75, 3.05) is 4.90 Å². The van der Waals surface area contributed by atoms with Gasteiger partial charge in [0.25, 0.3) is 0 Å². The zero-order valence-electron chi connectivity index (χ0n) is 18.0. The van der Waals surface area contributed by atoms with Gasteiger partial charge in [-0.2, -0.15) is 0 Å². The molecule has 0 aromatic heterocycles. The molecular weight excluding hydrogens is 348 g/mol. The van der Waals surface area contributed by atoms with E-state index in [0.29, 0.717) is 0 Å². The fraction of sp³-hybridized carbons (Fsp3) is 0.375. The second kappa shape index (κ2) is 6.69. The predicted octanol–water partition coefficient (Wildman–Crippen LogP) is 5.21. The van der Waals surface area contributed by atoms with Crippen molar-refractivity contribution in [1.29, 1.82) is 0 Å². The highest BCUT2D eigenvalue weighted by atomic mass is 16.2. The van der Waals surface area contributed by atoms with E-state index in [1.54, 1.807) is 13.8 Å². The molecule has 0 radical (unpaired) electrons. The second-order valence-electron chi connectivity index (χ2n) is 8.52. The van der Waals surface area contributed by atoms with Crippen LogP contribution < -0.4 is 4.90 Å². The molecule has 0 unspecified atom stereocenters. The van der Waals surface area contributed by atoms with Crippen LogP contribution in [0.25, 0.3) is 0 Å². The van der Waals surface area contributed by atoms with Crippen LogP contribution in [0.2, 0.25) is 0 Å². The Labute approximate surface area is 167 Å². The molecule has 0 saturated carbocycles. The van der Waals surface area contributed by atoms with Crippen molar-refractivity contribution in [2.45, 2.75) is 55.4 Å². The average Bonchev–Trinajstić information content (AvgIpc) is 2.71. The number of carbonyl (C=O) groups excluding carboxylic acids is 2. The number of nitrogens with zero attached hydrogens (tertiary/aromatic N) is 2. The smallest absolute Gasteiger partial charge is 0.246 e. The van der Waals surface area contributed by atoms with Gasteiger partial charge < -0.3 is 0 Å². The van der Waals surface area contributed by atoms with E-state index in [-0.39, 0.29) is 17.5 Å². The molecule has 0 bridgehead atoms. The molecule has 3 rings (SSSR count). The Balaban J connectivity index is 2.30. The number of benzene rings is 2. The molecule has 1 saturated heterocycles. The largest absolute Gasteiger partial charge is 0.289 e. The van der Waals surface area contributed by atoms with Crippen LogP contribution in [0.1, 0.15) is 47.2 Å². The van der Waals surface area contributed by atoms with Crippen molar-refractivity contribution in [3.05, 3.63) is 57.6 Å². The SMILES string of the molecule is Cc1cc(C)c(N=C2C(=O)C(C)(C)C(=O)N2c2c(C)cc(C)cc2C)c(C)c1. The number of carbonyl (C=O) groups is 2. The van der Waals surface area contributed by atoms with Crippen LogP contribution in [0.4, 0.5) is 11.4 Å². The summed E-state index contributed by atoms with van der Waals surface area (Å²) in [6, 6.07) is 8.16. The zero-order chi connectivity index (χ0) is 21.0. The molecule has 1 amide bonds. The first-order chi connectivity index (χ1) is 12.9. The molecule has 1 fully saturated rings. The molecule has 0 atom stereocenters. The van der Waals surface area contributed by atoms with E-state index >= 15 is 0 Å². The highest BCUT2D eigenvalue weighted by Crippen LogP contribution is 2.38. The molecule has 4 heteroatoms. The number of ketones is 1. The number of hydrogen-bond acceptors (Lipinski definition) is 3. The van der Waals surface area contributed by atoms with Crippen molar-refractivity contribution in [2.24, 2.45) is 10.4 Å². The van der Waals surface area contributed by atoms with Crippen molar-refractivity contribution in [1.82, 2.24) is 0 Å². The lowest BCUT2D eigenvalue weighted by Gasteiger charge is -2.23. The van der Waals surface area contributed by atoms with E-state index in [0.717, 1.165) is 44.8 Å². The molecule has 2 aromatic rings. The van der Waals surface area contributed by atoms with Crippen LogP contribution in [-0.4, -0.2) is 17.5 Å². The maximum absolute atomic E-state index is 13.3. The van der Waals surface area contributed by atoms with Gasteiger partial charge in [0.15, 0.2) is 5.84 Å². The first-order valence-electron chi connectivity index (χ1n) is 9.59. The van der Waals surface area contributed by atoms with Crippen molar-refractivity contribution in [3.8, 4) is 0 Å². The van der Waals surface area contributed by atoms with Crippen molar-refractivity contribution >= 4 is 28.9 Å². The Bertz CT molecular complexity index is 999. The van der Waals surface area contributed by atoms with Crippen LogP contribution in [0.15, 0.2) is 29.3 Å². The molecule has 28 heavy (non-hydrogen) atoms. The number of Topliss-reactive ketones (excluding diaryl/α,β-unsaturated/α-hetero) is 1. The van der Waals surface area contributed by atoms with Gasteiger partial charge in [0.2, 0.25) is 11.7 Å². The minimum absolute atomic E-state index is 0.208. The van der Waals surface area contributed by atoms with E-state index in [4.69, 9.17) is 4.99 Å². The Morgan fingerprint density at radius 3 is 1.64 bits per heavy atom. The quantitative estimate of drug-likeness (QED) is 0.676. The molecule has 1 aliphatic heterocycles. The molecule has 1 heterocycles. The first kappa shape index (κ1) is 20.0. The number of anilines is 1. The minimum Gasteiger partial charge on any atom is -0.289 e.